The van der Waals surface area contributed by atoms with Crippen molar-refractivity contribution in [1.29, 1.82) is 0 Å². The van der Waals surface area contributed by atoms with Crippen molar-refractivity contribution in [2.45, 2.75) is 6.10 Å². The number of rotatable bonds is 6. The van der Waals surface area contributed by atoms with Gasteiger partial charge >= 0.3 is 0 Å². The van der Waals surface area contributed by atoms with Crippen molar-refractivity contribution in [1.82, 2.24) is 0 Å². The maximum Gasteiger partial charge on any atom is 0.138 e. The molecule has 3 aromatic rings. The van der Waals surface area contributed by atoms with Gasteiger partial charge in [0, 0.05) is 11.1 Å². The molecule has 1 aliphatic heterocycles. The van der Waals surface area contributed by atoms with E-state index in [1.807, 2.05) is 42.5 Å². The van der Waals surface area contributed by atoms with E-state index in [1.54, 1.807) is 0 Å². The highest BCUT2D eigenvalue weighted by Crippen LogP contribution is 2.32. The fraction of sp³-hybridized carbons (Fsp3) is 0.304. The fourth-order valence-electron chi connectivity index (χ4n) is 3.83. The molecule has 0 spiro atoms. The standard InChI is InChI=1S/C23H25ClN2O2/c24-23-21-9-5-4-6-18(21)10-11-22(23)28-17-20(27)16-25-12-14-26(15-13-25)19-7-2-1-3-8-19/h1-11,20,27H,12-17H2/p+1/t20-/m1/s1. The zero-order valence-corrected chi connectivity index (χ0v) is 16.6. The summed E-state index contributed by atoms with van der Waals surface area (Å²) < 4.78 is 5.83. The second-order valence-corrected chi connectivity index (χ2v) is 7.72. The molecule has 5 heteroatoms. The smallest absolute Gasteiger partial charge is 0.138 e. The first-order valence-corrected chi connectivity index (χ1v) is 10.2. The van der Waals surface area contributed by atoms with Crippen molar-refractivity contribution in [3.05, 3.63) is 71.8 Å². The van der Waals surface area contributed by atoms with Crippen LogP contribution in [0.2, 0.25) is 5.02 Å². The van der Waals surface area contributed by atoms with Gasteiger partial charge in [0.25, 0.3) is 0 Å². The van der Waals surface area contributed by atoms with Crippen molar-refractivity contribution in [2.75, 3.05) is 44.2 Å². The Morgan fingerprint density at radius 2 is 1.68 bits per heavy atom. The second kappa shape index (κ2) is 8.82. The van der Waals surface area contributed by atoms with Gasteiger partial charge < -0.3 is 19.6 Å². The van der Waals surface area contributed by atoms with Crippen LogP contribution >= 0.6 is 11.6 Å². The molecule has 4 nitrogen and oxygen atoms in total. The van der Waals surface area contributed by atoms with E-state index < -0.39 is 6.10 Å². The van der Waals surface area contributed by atoms with E-state index >= 15 is 0 Å². The molecule has 4 rings (SSSR count). The lowest BCUT2D eigenvalue weighted by atomic mass is 10.1. The van der Waals surface area contributed by atoms with Gasteiger partial charge in [0.05, 0.1) is 31.2 Å². The lowest BCUT2D eigenvalue weighted by Gasteiger charge is -2.34. The summed E-state index contributed by atoms with van der Waals surface area (Å²) in [6, 6.07) is 22.3. The van der Waals surface area contributed by atoms with Gasteiger partial charge in [0.15, 0.2) is 0 Å². The van der Waals surface area contributed by atoms with Gasteiger partial charge in [-0.25, -0.2) is 0 Å². The quantitative estimate of drug-likeness (QED) is 0.671. The molecular weight excluding hydrogens is 372 g/mol. The minimum Gasteiger partial charge on any atom is -0.489 e. The van der Waals surface area contributed by atoms with Crippen molar-refractivity contribution < 1.29 is 14.7 Å². The Balaban J connectivity index is 1.27. The van der Waals surface area contributed by atoms with Crippen LogP contribution in [0.3, 0.4) is 0 Å². The SMILES string of the molecule is O[C@@H](COc1ccc2ccccc2c1Cl)C[NH+]1CCN(c2ccccc2)CC1. The van der Waals surface area contributed by atoms with E-state index in [4.69, 9.17) is 16.3 Å². The number of quaternary nitrogens is 1. The summed E-state index contributed by atoms with van der Waals surface area (Å²) in [6.45, 7) is 4.98. The summed E-state index contributed by atoms with van der Waals surface area (Å²) in [5, 5.41) is 13.1. The van der Waals surface area contributed by atoms with E-state index in [9.17, 15) is 5.11 Å². The highest BCUT2D eigenvalue weighted by Gasteiger charge is 2.23. The number of fused-ring (bicyclic) bond motifs is 1. The summed E-state index contributed by atoms with van der Waals surface area (Å²) in [5.41, 5.74) is 1.27. The summed E-state index contributed by atoms with van der Waals surface area (Å²) >= 11 is 6.47. The number of benzene rings is 3. The number of hydrogen-bond donors (Lipinski definition) is 2. The molecule has 0 saturated carbocycles. The average molecular weight is 398 g/mol. The van der Waals surface area contributed by atoms with Crippen LogP contribution in [0.15, 0.2) is 66.7 Å². The Hall–Kier alpha value is -2.27. The molecule has 1 atom stereocenters. The van der Waals surface area contributed by atoms with Crippen LogP contribution in [-0.2, 0) is 0 Å². The summed E-state index contributed by atoms with van der Waals surface area (Å²) in [4.78, 5) is 3.81. The molecule has 1 saturated heterocycles. The third-order valence-electron chi connectivity index (χ3n) is 5.38. The number of para-hydroxylation sites is 1. The van der Waals surface area contributed by atoms with E-state index in [1.165, 1.54) is 10.6 Å². The maximum absolute atomic E-state index is 10.4. The summed E-state index contributed by atoms with van der Waals surface area (Å²) in [6.07, 6.45) is -0.513. The summed E-state index contributed by atoms with van der Waals surface area (Å²) in [5.74, 6) is 0.628. The first-order chi connectivity index (χ1) is 13.7. The lowest BCUT2D eigenvalue weighted by Crippen LogP contribution is -3.16. The number of hydrogen-bond acceptors (Lipinski definition) is 3. The van der Waals surface area contributed by atoms with Crippen LogP contribution in [0.4, 0.5) is 5.69 Å². The third kappa shape index (κ3) is 4.41. The molecule has 2 N–H and O–H groups in total. The number of nitrogens with one attached hydrogen (secondary N) is 1. The monoisotopic (exact) mass is 397 g/mol. The van der Waals surface area contributed by atoms with E-state index in [0.29, 0.717) is 17.3 Å². The van der Waals surface area contributed by atoms with E-state index in [0.717, 1.165) is 37.0 Å². The minimum absolute atomic E-state index is 0.254. The fourth-order valence-corrected chi connectivity index (χ4v) is 4.12. The average Bonchev–Trinajstić information content (AvgIpc) is 2.75. The van der Waals surface area contributed by atoms with Crippen LogP contribution < -0.4 is 14.5 Å². The first kappa shape index (κ1) is 19.1. The largest absolute Gasteiger partial charge is 0.489 e. The molecule has 0 unspecified atom stereocenters. The molecule has 0 aromatic heterocycles. The van der Waals surface area contributed by atoms with Crippen molar-refractivity contribution in [3.63, 3.8) is 0 Å². The van der Waals surface area contributed by atoms with Gasteiger partial charge in [-0.15, -0.1) is 0 Å². The Kier molecular flexibility index (Phi) is 6.01. The molecule has 0 radical (unpaired) electrons. The number of ether oxygens (including phenoxy) is 1. The number of aliphatic hydroxyl groups excluding tert-OH is 1. The van der Waals surface area contributed by atoms with Crippen molar-refractivity contribution in [3.8, 4) is 5.75 Å². The number of piperazine rings is 1. The highest BCUT2D eigenvalue weighted by molar-refractivity contribution is 6.37. The van der Waals surface area contributed by atoms with E-state index in [-0.39, 0.29) is 6.61 Å². The zero-order chi connectivity index (χ0) is 19.3. The van der Waals surface area contributed by atoms with Gasteiger partial charge in [-0.05, 0) is 23.6 Å². The van der Waals surface area contributed by atoms with Gasteiger partial charge in [0.2, 0.25) is 0 Å². The number of nitrogens with zero attached hydrogens (tertiary/aromatic N) is 1. The molecule has 28 heavy (non-hydrogen) atoms. The minimum atomic E-state index is -0.513. The van der Waals surface area contributed by atoms with Gasteiger partial charge in [-0.1, -0.05) is 60.1 Å². The van der Waals surface area contributed by atoms with Crippen molar-refractivity contribution in [2.24, 2.45) is 0 Å². The topological polar surface area (TPSA) is 37.1 Å². The number of halogens is 1. The molecule has 0 amide bonds. The number of aliphatic hydroxyl groups is 1. The molecule has 146 valence electrons. The Morgan fingerprint density at radius 3 is 2.46 bits per heavy atom. The molecule has 3 aromatic carbocycles. The van der Waals surface area contributed by atoms with Gasteiger partial charge in [-0.2, -0.15) is 0 Å². The third-order valence-corrected chi connectivity index (χ3v) is 5.77. The maximum atomic E-state index is 10.4. The van der Waals surface area contributed by atoms with Gasteiger partial charge in [-0.3, -0.25) is 0 Å². The zero-order valence-electron chi connectivity index (χ0n) is 15.9. The van der Waals surface area contributed by atoms with Crippen LogP contribution in [0.25, 0.3) is 10.8 Å². The van der Waals surface area contributed by atoms with Crippen LogP contribution in [0.5, 0.6) is 5.75 Å². The summed E-state index contributed by atoms with van der Waals surface area (Å²) in [7, 11) is 0. The Labute approximate surface area is 170 Å². The van der Waals surface area contributed by atoms with Crippen LogP contribution in [0.1, 0.15) is 0 Å². The predicted octanol–water partition coefficient (Wildman–Crippen LogP) is 2.64. The molecule has 1 aliphatic rings. The molecule has 0 aliphatic carbocycles. The second-order valence-electron chi connectivity index (χ2n) is 7.34. The van der Waals surface area contributed by atoms with Crippen LogP contribution in [0, 0.1) is 0 Å². The normalized spacial score (nSPS) is 16.3. The lowest BCUT2D eigenvalue weighted by molar-refractivity contribution is -0.903. The molecule has 0 bridgehead atoms. The Bertz CT molecular complexity index is 911. The van der Waals surface area contributed by atoms with Crippen molar-refractivity contribution >= 4 is 28.1 Å². The predicted molar refractivity (Wildman–Crippen MR) is 115 cm³/mol. The number of anilines is 1. The first-order valence-electron chi connectivity index (χ1n) is 9.82. The van der Waals surface area contributed by atoms with Crippen LogP contribution in [-0.4, -0.2) is 50.5 Å². The molecular formula is C23H26ClN2O2+. The molecule has 1 heterocycles. The van der Waals surface area contributed by atoms with E-state index in [2.05, 4.69) is 29.2 Å². The highest BCUT2D eigenvalue weighted by atomic mass is 35.5. The Morgan fingerprint density at radius 1 is 0.964 bits per heavy atom. The molecule has 1 fully saturated rings. The van der Waals surface area contributed by atoms with Gasteiger partial charge in [0.1, 0.15) is 25.0 Å².